The van der Waals surface area contributed by atoms with Crippen LogP contribution in [0.25, 0.3) is 0 Å². The Morgan fingerprint density at radius 3 is 2.94 bits per heavy atom. The van der Waals surface area contributed by atoms with E-state index in [4.69, 9.17) is 11.6 Å². The summed E-state index contributed by atoms with van der Waals surface area (Å²) in [5.74, 6) is -0.279. The number of nitrogens with one attached hydrogen (secondary N) is 1. The third-order valence-corrected chi connectivity index (χ3v) is 3.96. The second kappa shape index (κ2) is 5.37. The van der Waals surface area contributed by atoms with Crippen molar-refractivity contribution in [2.75, 3.05) is 6.54 Å². The number of halogens is 2. The normalized spacial score (nSPS) is 23.9. The first-order chi connectivity index (χ1) is 8.51. The summed E-state index contributed by atoms with van der Waals surface area (Å²) in [5, 5.41) is 3.71. The van der Waals surface area contributed by atoms with Gasteiger partial charge < -0.3 is 5.32 Å². The summed E-state index contributed by atoms with van der Waals surface area (Å²) >= 11 is 5.99. The standard InChI is InChI=1S/C14H17ClFNO/c1-14(6-2-3-7-17-14)13(18)9-10-8-11(16)4-5-12(10)15/h4-5,8,17H,2-3,6-7,9H2,1H3. The van der Waals surface area contributed by atoms with Crippen LogP contribution < -0.4 is 5.32 Å². The zero-order chi connectivity index (χ0) is 13.2. The van der Waals surface area contributed by atoms with Crippen LogP contribution in [0, 0.1) is 5.82 Å². The van der Waals surface area contributed by atoms with Gasteiger partial charge in [0.25, 0.3) is 0 Å². The topological polar surface area (TPSA) is 29.1 Å². The molecule has 1 aliphatic heterocycles. The Morgan fingerprint density at radius 1 is 1.50 bits per heavy atom. The van der Waals surface area contributed by atoms with Crippen LogP contribution in [0.4, 0.5) is 4.39 Å². The molecule has 0 amide bonds. The van der Waals surface area contributed by atoms with Crippen molar-refractivity contribution < 1.29 is 9.18 Å². The molecule has 1 saturated heterocycles. The van der Waals surface area contributed by atoms with Gasteiger partial charge in [-0.3, -0.25) is 4.79 Å². The lowest BCUT2D eigenvalue weighted by Crippen LogP contribution is -2.52. The van der Waals surface area contributed by atoms with Crippen molar-refractivity contribution in [2.45, 2.75) is 38.1 Å². The Bertz CT molecular complexity index is 455. The zero-order valence-corrected chi connectivity index (χ0v) is 11.2. The van der Waals surface area contributed by atoms with E-state index < -0.39 is 5.54 Å². The van der Waals surface area contributed by atoms with E-state index in [1.807, 2.05) is 6.92 Å². The Hall–Kier alpha value is -0.930. The maximum atomic E-state index is 13.1. The minimum absolute atomic E-state index is 0.0784. The van der Waals surface area contributed by atoms with Gasteiger partial charge in [0.1, 0.15) is 5.82 Å². The highest BCUT2D eigenvalue weighted by atomic mass is 35.5. The molecule has 1 aromatic rings. The number of carbonyl (C=O) groups is 1. The van der Waals surface area contributed by atoms with Gasteiger partial charge in [-0.25, -0.2) is 4.39 Å². The molecule has 98 valence electrons. The van der Waals surface area contributed by atoms with E-state index in [0.29, 0.717) is 10.6 Å². The third kappa shape index (κ3) is 2.90. The van der Waals surface area contributed by atoms with E-state index >= 15 is 0 Å². The van der Waals surface area contributed by atoms with Crippen LogP contribution in [0.3, 0.4) is 0 Å². The van der Waals surface area contributed by atoms with E-state index in [1.165, 1.54) is 18.2 Å². The first kappa shape index (κ1) is 13.5. The summed E-state index contributed by atoms with van der Waals surface area (Å²) in [7, 11) is 0. The molecular weight excluding hydrogens is 253 g/mol. The summed E-state index contributed by atoms with van der Waals surface area (Å²) in [6.45, 7) is 2.78. The molecular formula is C14H17ClFNO. The maximum absolute atomic E-state index is 13.1. The van der Waals surface area contributed by atoms with E-state index in [0.717, 1.165) is 25.8 Å². The van der Waals surface area contributed by atoms with E-state index in [2.05, 4.69) is 5.32 Å². The summed E-state index contributed by atoms with van der Waals surface area (Å²) in [6.07, 6.45) is 3.16. The van der Waals surface area contributed by atoms with Crippen LogP contribution in [0.1, 0.15) is 31.7 Å². The number of Topliss-reactive ketones (excluding diaryl/α,β-unsaturated/α-hetero) is 1. The van der Waals surface area contributed by atoms with Gasteiger partial charge in [0.2, 0.25) is 0 Å². The summed E-state index contributed by atoms with van der Waals surface area (Å²) in [4.78, 5) is 12.3. The molecule has 0 saturated carbocycles. The van der Waals surface area contributed by atoms with Crippen molar-refractivity contribution in [3.63, 3.8) is 0 Å². The number of rotatable bonds is 3. The highest BCUT2D eigenvalue weighted by Gasteiger charge is 2.33. The molecule has 0 radical (unpaired) electrons. The van der Waals surface area contributed by atoms with Gasteiger partial charge in [-0.2, -0.15) is 0 Å². The van der Waals surface area contributed by atoms with Crippen LogP contribution in [-0.4, -0.2) is 17.9 Å². The minimum atomic E-state index is -0.492. The van der Waals surface area contributed by atoms with E-state index in [1.54, 1.807) is 0 Å². The molecule has 0 aliphatic carbocycles. The first-order valence-electron chi connectivity index (χ1n) is 6.23. The lowest BCUT2D eigenvalue weighted by Gasteiger charge is -2.33. The largest absolute Gasteiger partial charge is 0.305 e. The van der Waals surface area contributed by atoms with Gasteiger partial charge in [0, 0.05) is 11.4 Å². The molecule has 0 aromatic heterocycles. The van der Waals surface area contributed by atoms with Crippen molar-refractivity contribution in [1.29, 1.82) is 0 Å². The Balaban J connectivity index is 2.13. The second-order valence-corrected chi connectivity index (χ2v) is 5.46. The molecule has 1 N–H and O–H groups in total. The van der Waals surface area contributed by atoms with Gasteiger partial charge in [-0.05, 0) is 56.5 Å². The highest BCUT2D eigenvalue weighted by molar-refractivity contribution is 6.31. The predicted octanol–water partition coefficient (Wildman–Crippen LogP) is 3.12. The molecule has 1 heterocycles. The Kier molecular flexibility index (Phi) is 4.03. The molecule has 2 nitrogen and oxygen atoms in total. The zero-order valence-electron chi connectivity index (χ0n) is 10.4. The summed E-state index contributed by atoms with van der Waals surface area (Å²) in [5.41, 5.74) is 0.0729. The number of hydrogen-bond acceptors (Lipinski definition) is 2. The molecule has 1 unspecified atom stereocenters. The molecule has 18 heavy (non-hydrogen) atoms. The van der Waals surface area contributed by atoms with Gasteiger partial charge in [0.05, 0.1) is 5.54 Å². The van der Waals surface area contributed by atoms with Gasteiger partial charge in [0.15, 0.2) is 5.78 Å². The molecule has 1 atom stereocenters. The Labute approximate surface area is 112 Å². The van der Waals surface area contributed by atoms with Crippen LogP contribution >= 0.6 is 11.6 Å². The molecule has 1 aliphatic rings. The van der Waals surface area contributed by atoms with Crippen LogP contribution in [-0.2, 0) is 11.2 Å². The summed E-state index contributed by atoms with van der Waals surface area (Å²) in [6, 6.07) is 4.14. The lowest BCUT2D eigenvalue weighted by molar-refractivity contribution is -0.125. The molecule has 0 spiro atoms. The Morgan fingerprint density at radius 2 is 2.28 bits per heavy atom. The number of carbonyl (C=O) groups excluding carboxylic acids is 1. The minimum Gasteiger partial charge on any atom is -0.305 e. The van der Waals surface area contributed by atoms with Gasteiger partial charge in [-0.1, -0.05) is 11.6 Å². The van der Waals surface area contributed by atoms with E-state index in [-0.39, 0.29) is 18.0 Å². The average molecular weight is 270 g/mol. The summed E-state index contributed by atoms with van der Waals surface area (Å²) < 4.78 is 13.1. The van der Waals surface area contributed by atoms with Crippen molar-refractivity contribution in [3.05, 3.63) is 34.6 Å². The molecule has 1 aromatic carbocycles. The average Bonchev–Trinajstić information content (AvgIpc) is 2.35. The molecule has 2 rings (SSSR count). The molecule has 1 fully saturated rings. The van der Waals surface area contributed by atoms with Crippen LogP contribution in [0.2, 0.25) is 5.02 Å². The number of benzene rings is 1. The number of ketones is 1. The van der Waals surface area contributed by atoms with Crippen LogP contribution in [0.5, 0.6) is 0 Å². The van der Waals surface area contributed by atoms with Crippen LogP contribution in [0.15, 0.2) is 18.2 Å². The van der Waals surface area contributed by atoms with Crippen molar-refractivity contribution in [1.82, 2.24) is 5.32 Å². The number of hydrogen-bond donors (Lipinski definition) is 1. The first-order valence-corrected chi connectivity index (χ1v) is 6.61. The van der Waals surface area contributed by atoms with Crippen molar-refractivity contribution >= 4 is 17.4 Å². The van der Waals surface area contributed by atoms with Gasteiger partial charge >= 0.3 is 0 Å². The smallest absolute Gasteiger partial charge is 0.156 e. The fourth-order valence-corrected chi connectivity index (χ4v) is 2.53. The number of piperidine rings is 1. The highest BCUT2D eigenvalue weighted by Crippen LogP contribution is 2.24. The molecule has 4 heteroatoms. The SMILES string of the molecule is CC1(C(=O)Cc2cc(F)ccc2Cl)CCCCN1. The fourth-order valence-electron chi connectivity index (χ4n) is 2.34. The second-order valence-electron chi connectivity index (χ2n) is 5.05. The van der Waals surface area contributed by atoms with E-state index in [9.17, 15) is 9.18 Å². The maximum Gasteiger partial charge on any atom is 0.156 e. The molecule has 0 bridgehead atoms. The third-order valence-electron chi connectivity index (χ3n) is 3.59. The quantitative estimate of drug-likeness (QED) is 0.913. The monoisotopic (exact) mass is 269 g/mol. The lowest BCUT2D eigenvalue weighted by atomic mass is 9.84. The van der Waals surface area contributed by atoms with Crippen molar-refractivity contribution in [2.24, 2.45) is 0 Å². The fraction of sp³-hybridized carbons (Fsp3) is 0.500. The van der Waals surface area contributed by atoms with Crippen molar-refractivity contribution in [3.8, 4) is 0 Å². The predicted molar refractivity (Wildman–Crippen MR) is 70.4 cm³/mol. The van der Waals surface area contributed by atoms with Gasteiger partial charge in [-0.15, -0.1) is 0 Å².